The van der Waals surface area contributed by atoms with Crippen molar-refractivity contribution in [2.24, 2.45) is 0 Å². The van der Waals surface area contributed by atoms with Crippen molar-refractivity contribution in [1.82, 2.24) is 9.88 Å². The summed E-state index contributed by atoms with van der Waals surface area (Å²) in [5.74, 6) is 0.759. The van der Waals surface area contributed by atoms with Crippen LogP contribution in [0.4, 0.5) is 0 Å². The molecule has 0 aliphatic carbocycles. The molecule has 0 saturated heterocycles. The first-order chi connectivity index (χ1) is 12.2. The topological polar surface area (TPSA) is 69.5 Å². The summed E-state index contributed by atoms with van der Waals surface area (Å²) < 4.78 is 5.38. The highest BCUT2D eigenvalue weighted by Crippen LogP contribution is 2.20. The fraction of sp³-hybridized carbons (Fsp3) is 0.350. The molecular formula is C20H24N2O3. The predicted octanol–water partition coefficient (Wildman–Crippen LogP) is 3.49. The van der Waals surface area contributed by atoms with Gasteiger partial charge in [0.15, 0.2) is 0 Å². The second-order valence-electron chi connectivity index (χ2n) is 6.21. The first-order valence-electron chi connectivity index (χ1n) is 8.70. The molecule has 1 amide bonds. The summed E-state index contributed by atoms with van der Waals surface area (Å²) in [7, 11) is 0. The van der Waals surface area contributed by atoms with Crippen LogP contribution in [-0.4, -0.2) is 33.5 Å². The lowest BCUT2D eigenvalue weighted by Crippen LogP contribution is -2.41. The fourth-order valence-electron chi connectivity index (χ4n) is 3.16. The molecule has 2 N–H and O–H groups in total. The number of nitrogens with one attached hydrogen (secondary N) is 1. The lowest BCUT2D eigenvalue weighted by Gasteiger charge is -2.29. The van der Waals surface area contributed by atoms with Crippen LogP contribution in [0.2, 0.25) is 0 Å². The van der Waals surface area contributed by atoms with Crippen molar-refractivity contribution < 1.29 is 14.3 Å². The number of aromatic nitrogens is 1. The molecule has 2 aromatic heterocycles. The summed E-state index contributed by atoms with van der Waals surface area (Å²) in [6.45, 7) is 2.32. The average molecular weight is 340 g/mol. The largest absolute Gasteiger partial charge is 0.467 e. The molecule has 5 nitrogen and oxygen atoms in total. The molecule has 0 saturated carbocycles. The Morgan fingerprint density at radius 3 is 2.84 bits per heavy atom. The molecular weight excluding hydrogens is 316 g/mol. The number of aromatic amines is 1. The van der Waals surface area contributed by atoms with Crippen LogP contribution in [0.25, 0.3) is 10.9 Å². The van der Waals surface area contributed by atoms with E-state index in [1.165, 1.54) is 0 Å². The zero-order valence-electron chi connectivity index (χ0n) is 14.4. The molecule has 1 aromatic carbocycles. The number of carbonyl (C=O) groups is 1. The van der Waals surface area contributed by atoms with Crippen LogP contribution in [0.5, 0.6) is 0 Å². The third-order valence-corrected chi connectivity index (χ3v) is 4.63. The number of carbonyl (C=O) groups excluding carboxylic acids is 1. The van der Waals surface area contributed by atoms with E-state index >= 15 is 0 Å². The van der Waals surface area contributed by atoms with Gasteiger partial charge in [-0.2, -0.15) is 0 Å². The maximum Gasteiger partial charge on any atom is 0.223 e. The molecule has 2 heterocycles. The van der Waals surface area contributed by atoms with Gasteiger partial charge in [-0.1, -0.05) is 25.1 Å². The van der Waals surface area contributed by atoms with Gasteiger partial charge in [-0.25, -0.2) is 0 Å². The van der Waals surface area contributed by atoms with E-state index < -0.39 is 0 Å². The number of furan rings is 1. The van der Waals surface area contributed by atoms with Crippen LogP contribution in [0.15, 0.2) is 53.3 Å². The monoisotopic (exact) mass is 340 g/mol. The van der Waals surface area contributed by atoms with Gasteiger partial charge in [-0.05, 0) is 36.6 Å². The van der Waals surface area contributed by atoms with Gasteiger partial charge in [-0.15, -0.1) is 0 Å². The zero-order valence-corrected chi connectivity index (χ0v) is 14.4. The summed E-state index contributed by atoms with van der Waals surface area (Å²) in [5, 5.41) is 10.8. The van der Waals surface area contributed by atoms with Crippen molar-refractivity contribution >= 4 is 16.8 Å². The smallest absolute Gasteiger partial charge is 0.223 e. The number of fused-ring (bicyclic) bond motifs is 1. The summed E-state index contributed by atoms with van der Waals surface area (Å²) in [4.78, 5) is 17.8. The second kappa shape index (κ2) is 8.03. The van der Waals surface area contributed by atoms with E-state index in [1.807, 2.05) is 43.5 Å². The van der Waals surface area contributed by atoms with E-state index in [1.54, 1.807) is 11.2 Å². The number of aryl methyl sites for hydroxylation is 1. The number of hydrogen-bond donors (Lipinski definition) is 2. The van der Waals surface area contributed by atoms with E-state index in [4.69, 9.17) is 4.42 Å². The van der Waals surface area contributed by atoms with Crippen molar-refractivity contribution in [1.29, 1.82) is 0 Å². The van der Waals surface area contributed by atoms with Crippen LogP contribution in [0, 0.1) is 0 Å². The van der Waals surface area contributed by atoms with Gasteiger partial charge in [0.2, 0.25) is 5.91 Å². The van der Waals surface area contributed by atoms with Gasteiger partial charge in [-0.3, -0.25) is 4.79 Å². The molecule has 3 rings (SSSR count). The lowest BCUT2D eigenvalue weighted by atomic mass is 10.1. The van der Waals surface area contributed by atoms with Crippen LogP contribution in [-0.2, 0) is 17.8 Å². The Hall–Kier alpha value is -2.53. The van der Waals surface area contributed by atoms with Crippen molar-refractivity contribution in [3.63, 3.8) is 0 Å². The molecule has 0 spiro atoms. The van der Waals surface area contributed by atoms with E-state index in [0.29, 0.717) is 25.8 Å². The molecule has 132 valence electrons. The molecule has 1 atom stereocenters. The summed E-state index contributed by atoms with van der Waals surface area (Å²) in [5.41, 5.74) is 2.22. The van der Waals surface area contributed by atoms with Gasteiger partial charge in [0.05, 0.1) is 25.5 Å². The van der Waals surface area contributed by atoms with Gasteiger partial charge in [0.25, 0.3) is 0 Å². The minimum absolute atomic E-state index is 0.0302. The van der Waals surface area contributed by atoms with Crippen molar-refractivity contribution in [3.8, 4) is 0 Å². The van der Waals surface area contributed by atoms with Crippen LogP contribution < -0.4 is 0 Å². The quantitative estimate of drug-likeness (QED) is 0.659. The zero-order chi connectivity index (χ0) is 17.6. The summed E-state index contributed by atoms with van der Waals surface area (Å²) in [6.07, 6.45) is 5.34. The Balaban J connectivity index is 1.71. The van der Waals surface area contributed by atoms with Crippen molar-refractivity contribution in [2.75, 3.05) is 6.61 Å². The Kier molecular flexibility index (Phi) is 5.56. The Morgan fingerprint density at radius 2 is 2.12 bits per heavy atom. The Bertz CT molecular complexity index is 803. The fourth-order valence-corrected chi connectivity index (χ4v) is 3.16. The second-order valence-corrected chi connectivity index (χ2v) is 6.21. The normalized spacial score (nSPS) is 12.4. The molecule has 0 aliphatic heterocycles. The number of para-hydroxylation sites is 1. The standard InChI is InChI=1S/C20H24N2O3/c1-2-16(14-23)22(13-17-6-5-11-25-17)20(24)10-9-15-12-21-19-8-4-3-7-18(15)19/h3-8,11-12,16,21,23H,2,9-10,13-14H2,1H3. The minimum Gasteiger partial charge on any atom is -0.467 e. The summed E-state index contributed by atoms with van der Waals surface area (Å²) >= 11 is 0. The number of H-pyrrole nitrogens is 1. The maximum absolute atomic E-state index is 12.8. The molecule has 3 aromatic rings. The number of aliphatic hydroxyl groups is 1. The Labute approximate surface area is 147 Å². The molecule has 0 radical (unpaired) electrons. The average Bonchev–Trinajstić information content (AvgIpc) is 3.29. The molecule has 25 heavy (non-hydrogen) atoms. The van der Waals surface area contributed by atoms with Gasteiger partial charge < -0.3 is 19.4 Å². The van der Waals surface area contributed by atoms with Crippen LogP contribution in [0.3, 0.4) is 0 Å². The highest BCUT2D eigenvalue weighted by Gasteiger charge is 2.23. The van der Waals surface area contributed by atoms with Crippen LogP contribution in [0.1, 0.15) is 31.1 Å². The number of nitrogens with zero attached hydrogens (tertiary/aromatic N) is 1. The number of benzene rings is 1. The lowest BCUT2D eigenvalue weighted by molar-refractivity contribution is -0.135. The first kappa shape index (κ1) is 17.3. The molecule has 0 aliphatic rings. The highest BCUT2D eigenvalue weighted by atomic mass is 16.3. The number of aliphatic hydroxyl groups excluding tert-OH is 1. The third kappa shape index (κ3) is 3.94. The predicted molar refractivity (Wildman–Crippen MR) is 97.0 cm³/mol. The van der Waals surface area contributed by atoms with E-state index in [0.717, 1.165) is 22.2 Å². The highest BCUT2D eigenvalue weighted by molar-refractivity contribution is 5.84. The number of amides is 1. The van der Waals surface area contributed by atoms with Crippen molar-refractivity contribution in [2.45, 2.75) is 38.8 Å². The van der Waals surface area contributed by atoms with E-state index in [-0.39, 0.29) is 18.6 Å². The SMILES string of the molecule is CCC(CO)N(Cc1ccco1)C(=O)CCc1c[nH]c2ccccc12. The summed E-state index contributed by atoms with van der Waals surface area (Å²) in [6, 6.07) is 11.6. The van der Waals surface area contributed by atoms with Crippen molar-refractivity contribution in [3.05, 3.63) is 60.2 Å². The van der Waals surface area contributed by atoms with E-state index in [2.05, 4.69) is 11.1 Å². The van der Waals surface area contributed by atoms with Gasteiger partial charge in [0.1, 0.15) is 5.76 Å². The Morgan fingerprint density at radius 1 is 1.28 bits per heavy atom. The van der Waals surface area contributed by atoms with E-state index in [9.17, 15) is 9.90 Å². The molecule has 5 heteroatoms. The molecule has 0 bridgehead atoms. The number of hydrogen-bond acceptors (Lipinski definition) is 3. The molecule has 0 fully saturated rings. The first-order valence-corrected chi connectivity index (χ1v) is 8.70. The van der Waals surface area contributed by atoms with Crippen LogP contribution >= 0.6 is 0 Å². The van der Waals surface area contributed by atoms with Gasteiger partial charge in [0, 0.05) is 23.5 Å². The maximum atomic E-state index is 12.8. The molecule has 1 unspecified atom stereocenters. The van der Waals surface area contributed by atoms with Gasteiger partial charge >= 0.3 is 0 Å². The third-order valence-electron chi connectivity index (χ3n) is 4.63. The number of rotatable bonds is 8. The minimum atomic E-state index is -0.194.